The Morgan fingerprint density at radius 1 is 1.32 bits per heavy atom. The lowest BCUT2D eigenvalue weighted by molar-refractivity contribution is 0.223. The van der Waals surface area contributed by atoms with Gasteiger partial charge in [-0.3, -0.25) is 4.90 Å². The van der Waals surface area contributed by atoms with E-state index in [2.05, 4.69) is 64.7 Å². The van der Waals surface area contributed by atoms with Crippen LogP contribution in [-0.4, -0.2) is 23.0 Å². The number of aryl methyl sites for hydroxylation is 1. The van der Waals surface area contributed by atoms with Crippen LogP contribution in [0.5, 0.6) is 0 Å². The van der Waals surface area contributed by atoms with Crippen LogP contribution in [0.1, 0.15) is 58.6 Å². The minimum absolute atomic E-state index is 0.119. The van der Waals surface area contributed by atoms with Crippen molar-refractivity contribution < 1.29 is 4.42 Å². The Hall–Kier alpha value is -0.800. The van der Waals surface area contributed by atoms with E-state index in [9.17, 15) is 0 Å². The molecule has 19 heavy (non-hydrogen) atoms. The van der Waals surface area contributed by atoms with Gasteiger partial charge in [0.05, 0.1) is 6.54 Å². The molecule has 0 saturated carbocycles. The van der Waals surface area contributed by atoms with E-state index in [-0.39, 0.29) is 5.54 Å². The maximum absolute atomic E-state index is 5.85. The van der Waals surface area contributed by atoms with Crippen molar-refractivity contribution >= 4 is 0 Å². The number of nitrogens with one attached hydrogen (secondary N) is 1. The Labute approximate surface area is 118 Å². The highest BCUT2D eigenvalue weighted by molar-refractivity contribution is 5.21. The van der Waals surface area contributed by atoms with Gasteiger partial charge in [0.1, 0.15) is 11.5 Å². The topological polar surface area (TPSA) is 28.4 Å². The van der Waals surface area contributed by atoms with Crippen LogP contribution in [0, 0.1) is 6.92 Å². The van der Waals surface area contributed by atoms with Crippen molar-refractivity contribution in [2.75, 3.05) is 6.54 Å². The van der Waals surface area contributed by atoms with Gasteiger partial charge in [0.2, 0.25) is 0 Å². The first-order chi connectivity index (χ1) is 8.73. The van der Waals surface area contributed by atoms with Gasteiger partial charge in [-0.25, -0.2) is 0 Å². The molecule has 0 saturated heterocycles. The monoisotopic (exact) mass is 266 g/mol. The van der Waals surface area contributed by atoms with E-state index in [4.69, 9.17) is 4.42 Å². The number of rotatable bonds is 6. The maximum Gasteiger partial charge on any atom is 0.118 e. The Bertz CT molecular complexity index is 388. The molecular formula is C16H30N2O. The lowest BCUT2D eigenvalue weighted by Gasteiger charge is -2.24. The molecule has 0 amide bonds. The number of furan rings is 1. The summed E-state index contributed by atoms with van der Waals surface area (Å²) in [5.74, 6) is 2.08. The van der Waals surface area contributed by atoms with Crippen LogP contribution in [0.25, 0.3) is 0 Å². The van der Waals surface area contributed by atoms with Crippen molar-refractivity contribution in [1.82, 2.24) is 10.2 Å². The molecule has 1 aromatic heterocycles. The van der Waals surface area contributed by atoms with Crippen LogP contribution in [0.4, 0.5) is 0 Å². The van der Waals surface area contributed by atoms with E-state index in [1.807, 2.05) is 0 Å². The van der Waals surface area contributed by atoms with Crippen molar-refractivity contribution in [3.63, 3.8) is 0 Å². The van der Waals surface area contributed by atoms with Crippen LogP contribution < -0.4 is 5.32 Å². The normalized spacial score (nSPS) is 12.7. The molecule has 1 N–H and O–H groups in total. The van der Waals surface area contributed by atoms with Crippen LogP contribution in [-0.2, 0) is 13.1 Å². The van der Waals surface area contributed by atoms with Gasteiger partial charge in [-0.15, -0.1) is 0 Å². The summed E-state index contributed by atoms with van der Waals surface area (Å²) in [5, 5.41) is 3.46. The third-order valence-electron chi connectivity index (χ3n) is 3.37. The fourth-order valence-electron chi connectivity index (χ4n) is 2.06. The molecule has 1 rings (SSSR count). The van der Waals surface area contributed by atoms with Crippen molar-refractivity contribution in [2.45, 2.75) is 73.1 Å². The van der Waals surface area contributed by atoms with Crippen molar-refractivity contribution in [3.05, 3.63) is 23.2 Å². The standard InChI is InChI=1S/C16H30N2O/c1-8-18(12(2)3)11-14-9-15(19-13(14)4)10-17-16(5,6)7/h9,12,17H,8,10-11H2,1-7H3. The lowest BCUT2D eigenvalue weighted by Crippen LogP contribution is -2.34. The van der Waals surface area contributed by atoms with E-state index in [0.29, 0.717) is 6.04 Å². The Balaban J connectivity index is 2.68. The second-order valence-electron chi connectivity index (χ2n) is 6.55. The maximum atomic E-state index is 5.85. The zero-order valence-corrected chi connectivity index (χ0v) is 13.6. The SMILES string of the molecule is CCN(Cc1cc(CNC(C)(C)C)oc1C)C(C)C. The zero-order chi connectivity index (χ0) is 14.6. The molecule has 0 aliphatic rings. The van der Waals surface area contributed by atoms with Gasteiger partial charge in [-0.05, 0) is 54.2 Å². The molecule has 0 aromatic carbocycles. The third-order valence-corrected chi connectivity index (χ3v) is 3.37. The van der Waals surface area contributed by atoms with Crippen molar-refractivity contribution in [1.29, 1.82) is 0 Å². The molecule has 0 aliphatic heterocycles. The average Bonchev–Trinajstić information content (AvgIpc) is 2.63. The van der Waals surface area contributed by atoms with E-state index in [1.54, 1.807) is 0 Å². The molecular weight excluding hydrogens is 236 g/mol. The summed E-state index contributed by atoms with van der Waals surface area (Å²) in [4.78, 5) is 2.44. The largest absolute Gasteiger partial charge is 0.465 e. The summed E-state index contributed by atoms with van der Waals surface area (Å²) >= 11 is 0. The first-order valence-electron chi connectivity index (χ1n) is 7.30. The molecule has 0 atom stereocenters. The van der Waals surface area contributed by atoms with Gasteiger partial charge in [0.15, 0.2) is 0 Å². The molecule has 0 bridgehead atoms. The summed E-state index contributed by atoms with van der Waals surface area (Å²) in [7, 11) is 0. The van der Waals surface area contributed by atoms with E-state index >= 15 is 0 Å². The van der Waals surface area contributed by atoms with Gasteiger partial charge in [0, 0.05) is 23.7 Å². The van der Waals surface area contributed by atoms with Gasteiger partial charge in [-0.1, -0.05) is 6.92 Å². The van der Waals surface area contributed by atoms with E-state index < -0.39 is 0 Å². The number of hydrogen-bond donors (Lipinski definition) is 1. The van der Waals surface area contributed by atoms with E-state index in [1.165, 1.54) is 5.56 Å². The number of nitrogens with zero attached hydrogens (tertiary/aromatic N) is 1. The summed E-state index contributed by atoms with van der Waals surface area (Å²) < 4.78 is 5.85. The Morgan fingerprint density at radius 2 is 1.95 bits per heavy atom. The minimum atomic E-state index is 0.119. The lowest BCUT2D eigenvalue weighted by atomic mass is 10.1. The van der Waals surface area contributed by atoms with Gasteiger partial charge in [0.25, 0.3) is 0 Å². The van der Waals surface area contributed by atoms with E-state index in [0.717, 1.165) is 31.2 Å². The molecule has 0 fully saturated rings. The highest BCUT2D eigenvalue weighted by atomic mass is 16.3. The zero-order valence-electron chi connectivity index (χ0n) is 13.6. The third kappa shape index (κ3) is 5.37. The first kappa shape index (κ1) is 16.3. The fourth-order valence-corrected chi connectivity index (χ4v) is 2.06. The Kier molecular flexibility index (Phi) is 5.63. The van der Waals surface area contributed by atoms with Crippen LogP contribution >= 0.6 is 0 Å². The summed E-state index contributed by atoms with van der Waals surface area (Å²) in [6.45, 7) is 18.1. The molecule has 3 heteroatoms. The van der Waals surface area contributed by atoms with Gasteiger partial charge in [-0.2, -0.15) is 0 Å². The molecule has 3 nitrogen and oxygen atoms in total. The summed E-state index contributed by atoms with van der Waals surface area (Å²) in [6.07, 6.45) is 0. The van der Waals surface area contributed by atoms with Crippen molar-refractivity contribution in [2.24, 2.45) is 0 Å². The van der Waals surface area contributed by atoms with Gasteiger partial charge < -0.3 is 9.73 Å². The smallest absolute Gasteiger partial charge is 0.118 e. The Morgan fingerprint density at radius 3 is 2.42 bits per heavy atom. The predicted octanol–water partition coefficient (Wildman–Crippen LogP) is 3.71. The molecule has 0 radical (unpaired) electrons. The van der Waals surface area contributed by atoms with Crippen LogP contribution in [0.3, 0.4) is 0 Å². The van der Waals surface area contributed by atoms with Crippen LogP contribution in [0.2, 0.25) is 0 Å². The molecule has 1 aromatic rings. The first-order valence-corrected chi connectivity index (χ1v) is 7.30. The molecule has 1 heterocycles. The molecule has 0 spiro atoms. The summed E-state index contributed by atoms with van der Waals surface area (Å²) in [5.41, 5.74) is 1.43. The second kappa shape index (κ2) is 6.58. The molecule has 0 unspecified atom stereocenters. The fraction of sp³-hybridized carbons (Fsp3) is 0.750. The molecule has 110 valence electrons. The second-order valence-corrected chi connectivity index (χ2v) is 6.55. The average molecular weight is 266 g/mol. The highest BCUT2D eigenvalue weighted by Crippen LogP contribution is 2.18. The van der Waals surface area contributed by atoms with Crippen molar-refractivity contribution in [3.8, 4) is 0 Å². The molecule has 0 aliphatic carbocycles. The predicted molar refractivity (Wildman–Crippen MR) is 81.3 cm³/mol. The quantitative estimate of drug-likeness (QED) is 0.851. The minimum Gasteiger partial charge on any atom is -0.465 e. The summed E-state index contributed by atoms with van der Waals surface area (Å²) in [6, 6.07) is 2.76. The van der Waals surface area contributed by atoms with Gasteiger partial charge >= 0.3 is 0 Å². The van der Waals surface area contributed by atoms with Crippen LogP contribution in [0.15, 0.2) is 10.5 Å². The highest BCUT2D eigenvalue weighted by Gasteiger charge is 2.15. The number of hydrogen-bond acceptors (Lipinski definition) is 3.